The van der Waals surface area contributed by atoms with E-state index in [1.807, 2.05) is 43.3 Å². The number of hydrogen-bond acceptors (Lipinski definition) is 3. The second-order valence-electron chi connectivity index (χ2n) is 7.04. The SMILES string of the molecule is Cc1ccc2c(c1CCC(=O)O)CCC(NC(=O)OCc1ccccc1)C2. The molecule has 2 aromatic carbocycles. The van der Waals surface area contributed by atoms with Gasteiger partial charge in [0.1, 0.15) is 6.61 Å². The Morgan fingerprint density at radius 2 is 1.96 bits per heavy atom. The average molecular weight is 367 g/mol. The maximum atomic E-state index is 12.1. The third-order valence-corrected chi connectivity index (χ3v) is 5.10. The Labute approximate surface area is 159 Å². The van der Waals surface area contributed by atoms with E-state index < -0.39 is 12.1 Å². The van der Waals surface area contributed by atoms with Crippen molar-refractivity contribution in [1.29, 1.82) is 0 Å². The molecule has 5 heteroatoms. The highest BCUT2D eigenvalue weighted by Gasteiger charge is 2.23. The van der Waals surface area contributed by atoms with Gasteiger partial charge in [-0.05, 0) is 60.4 Å². The summed E-state index contributed by atoms with van der Waals surface area (Å²) in [6, 6.07) is 13.8. The van der Waals surface area contributed by atoms with Crippen molar-refractivity contribution in [2.24, 2.45) is 0 Å². The van der Waals surface area contributed by atoms with Crippen molar-refractivity contribution in [2.75, 3.05) is 0 Å². The van der Waals surface area contributed by atoms with Crippen molar-refractivity contribution in [3.8, 4) is 0 Å². The highest BCUT2D eigenvalue weighted by molar-refractivity contribution is 5.68. The minimum absolute atomic E-state index is 0.0378. The van der Waals surface area contributed by atoms with Gasteiger partial charge in [-0.3, -0.25) is 4.79 Å². The van der Waals surface area contributed by atoms with Gasteiger partial charge in [0.15, 0.2) is 0 Å². The van der Waals surface area contributed by atoms with Crippen LogP contribution in [-0.4, -0.2) is 23.2 Å². The van der Waals surface area contributed by atoms with Gasteiger partial charge in [-0.25, -0.2) is 4.79 Å². The van der Waals surface area contributed by atoms with Gasteiger partial charge in [-0.1, -0.05) is 42.5 Å². The summed E-state index contributed by atoms with van der Waals surface area (Å²) in [5, 5.41) is 11.9. The molecule has 0 radical (unpaired) electrons. The molecule has 5 nitrogen and oxygen atoms in total. The van der Waals surface area contributed by atoms with Crippen LogP contribution in [0.1, 0.15) is 40.7 Å². The lowest BCUT2D eigenvalue weighted by atomic mass is 9.82. The molecule has 1 aliphatic rings. The lowest BCUT2D eigenvalue weighted by Crippen LogP contribution is -2.39. The number of fused-ring (bicyclic) bond motifs is 1. The summed E-state index contributed by atoms with van der Waals surface area (Å²) < 4.78 is 5.31. The fraction of sp³-hybridized carbons (Fsp3) is 0.364. The van der Waals surface area contributed by atoms with Crippen molar-refractivity contribution in [3.63, 3.8) is 0 Å². The van der Waals surface area contributed by atoms with Crippen LogP contribution in [0.15, 0.2) is 42.5 Å². The van der Waals surface area contributed by atoms with Crippen molar-refractivity contribution in [2.45, 2.75) is 51.7 Å². The number of carbonyl (C=O) groups excluding carboxylic acids is 1. The van der Waals surface area contributed by atoms with Crippen LogP contribution in [0.2, 0.25) is 0 Å². The fourth-order valence-electron chi connectivity index (χ4n) is 3.68. The molecule has 3 rings (SSSR count). The Kier molecular flexibility index (Phi) is 6.12. The van der Waals surface area contributed by atoms with Crippen molar-refractivity contribution in [3.05, 3.63) is 70.3 Å². The molecular weight excluding hydrogens is 342 g/mol. The average Bonchev–Trinajstić information content (AvgIpc) is 2.66. The third kappa shape index (κ3) is 5.09. The van der Waals surface area contributed by atoms with Crippen LogP contribution in [0, 0.1) is 6.92 Å². The molecule has 0 saturated heterocycles. The predicted octanol–water partition coefficient (Wildman–Crippen LogP) is 3.80. The summed E-state index contributed by atoms with van der Waals surface area (Å²) in [6.07, 6.45) is 2.72. The number of ether oxygens (including phenoxy) is 1. The minimum atomic E-state index is -0.775. The van der Waals surface area contributed by atoms with E-state index in [-0.39, 0.29) is 19.1 Å². The monoisotopic (exact) mass is 367 g/mol. The summed E-state index contributed by atoms with van der Waals surface area (Å²) in [5.74, 6) is -0.775. The van der Waals surface area contributed by atoms with Crippen LogP contribution >= 0.6 is 0 Å². The number of aryl methyl sites for hydroxylation is 1. The zero-order chi connectivity index (χ0) is 19.2. The first-order chi connectivity index (χ1) is 13.0. The van der Waals surface area contributed by atoms with Gasteiger partial charge in [0.05, 0.1) is 0 Å². The minimum Gasteiger partial charge on any atom is -0.481 e. The Bertz CT molecular complexity index is 817. The summed E-state index contributed by atoms with van der Waals surface area (Å²) in [6.45, 7) is 2.29. The van der Waals surface area contributed by atoms with E-state index in [0.29, 0.717) is 6.42 Å². The van der Waals surface area contributed by atoms with Crippen LogP contribution in [0.5, 0.6) is 0 Å². The molecule has 142 valence electrons. The molecule has 2 aromatic rings. The van der Waals surface area contributed by atoms with Gasteiger partial charge < -0.3 is 15.2 Å². The van der Waals surface area contributed by atoms with E-state index in [4.69, 9.17) is 9.84 Å². The van der Waals surface area contributed by atoms with Crippen molar-refractivity contribution < 1.29 is 19.4 Å². The molecule has 0 saturated carbocycles. The molecule has 1 amide bonds. The Balaban J connectivity index is 1.58. The van der Waals surface area contributed by atoms with Crippen molar-refractivity contribution in [1.82, 2.24) is 5.32 Å². The van der Waals surface area contributed by atoms with Gasteiger partial charge in [-0.2, -0.15) is 0 Å². The van der Waals surface area contributed by atoms with Crippen LogP contribution in [0.25, 0.3) is 0 Å². The van der Waals surface area contributed by atoms with Crippen LogP contribution in [-0.2, 0) is 35.4 Å². The molecule has 1 unspecified atom stereocenters. The molecule has 0 aromatic heterocycles. The fourth-order valence-corrected chi connectivity index (χ4v) is 3.68. The molecule has 0 spiro atoms. The number of amides is 1. The zero-order valence-corrected chi connectivity index (χ0v) is 15.5. The smallest absolute Gasteiger partial charge is 0.407 e. The molecule has 0 heterocycles. The van der Waals surface area contributed by atoms with E-state index >= 15 is 0 Å². The lowest BCUT2D eigenvalue weighted by molar-refractivity contribution is -0.136. The van der Waals surface area contributed by atoms with E-state index in [1.54, 1.807) is 0 Å². The summed E-state index contributed by atoms with van der Waals surface area (Å²) in [5.41, 5.74) is 5.71. The molecule has 0 aliphatic heterocycles. The third-order valence-electron chi connectivity index (χ3n) is 5.10. The Morgan fingerprint density at radius 1 is 1.19 bits per heavy atom. The Morgan fingerprint density at radius 3 is 2.70 bits per heavy atom. The number of hydrogen-bond donors (Lipinski definition) is 2. The number of carbonyl (C=O) groups is 2. The number of nitrogens with one attached hydrogen (secondary N) is 1. The van der Waals surface area contributed by atoms with Crippen LogP contribution < -0.4 is 5.32 Å². The van der Waals surface area contributed by atoms with Gasteiger partial charge in [-0.15, -0.1) is 0 Å². The first-order valence-corrected chi connectivity index (χ1v) is 9.32. The lowest BCUT2D eigenvalue weighted by Gasteiger charge is -2.28. The number of carboxylic acids is 1. The van der Waals surface area contributed by atoms with E-state index in [2.05, 4.69) is 11.4 Å². The number of rotatable bonds is 6. The second kappa shape index (κ2) is 8.71. The molecule has 1 aliphatic carbocycles. The molecule has 0 fully saturated rings. The quantitative estimate of drug-likeness (QED) is 0.814. The van der Waals surface area contributed by atoms with Crippen molar-refractivity contribution >= 4 is 12.1 Å². The first-order valence-electron chi connectivity index (χ1n) is 9.32. The van der Waals surface area contributed by atoms with E-state index in [0.717, 1.165) is 36.0 Å². The number of benzene rings is 2. The Hall–Kier alpha value is -2.82. The van der Waals surface area contributed by atoms with Gasteiger partial charge in [0, 0.05) is 12.5 Å². The standard InChI is InChI=1S/C22H25NO4/c1-15-7-8-17-13-18(9-10-20(17)19(15)11-12-21(24)25)23-22(26)27-14-16-5-3-2-4-6-16/h2-8,18H,9-14H2,1H3,(H,23,26)(H,24,25). The zero-order valence-electron chi connectivity index (χ0n) is 15.5. The first kappa shape index (κ1) is 19.0. The largest absolute Gasteiger partial charge is 0.481 e. The number of alkyl carbamates (subject to hydrolysis) is 1. The van der Waals surface area contributed by atoms with Gasteiger partial charge in [0.2, 0.25) is 0 Å². The van der Waals surface area contributed by atoms with Crippen LogP contribution in [0.3, 0.4) is 0 Å². The van der Waals surface area contributed by atoms with E-state index in [9.17, 15) is 9.59 Å². The van der Waals surface area contributed by atoms with Crippen LogP contribution in [0.4, 0.5) is 4.79 Å². The molecule has 1 atom stereocenters. The summed E-state index contributed by atoms with van der Waals surface area (Å²) in [7, 11) is 0. The van der Waals surface area contributed by atoms with E-state index in [1.165, 1.54) is 11.1 Å². The normalized spacial score (nSPS) is 15.7. The number of aliphatic carboxylic acids is 1. The highest BCUT2D eigenvalue weighted by Crippen LogP contribution is 2.28. The molecule has 0 bridgehead atoms. The predicted molar refractivity (Wildman–Crippen MR) is 103 cm³/mol. The molecule has 27 heavy (non-hydrogen) atoms. The molecule has 2 N–H and O–H groups in total. The highest BCUT2D eigenvalue weighted by atomic mass is 16.5. The number of carboxylic acid groups (broad SMARTS) is 1. The maximum absolute atomic E-state index is 12.1. The van der Waals surface area contributed by atoms with Gasteiger partial charge in [0.25, 0.3) is 0 Å². The maximum Gasteiger partial charge on any atom is 0.407 e. The summed E-state index contributed by atoms with van der Waals surface area (Å²) in [4.78, 5) is 23.0. The summed E-state index contributed by atoms with van der Waals surface area (Å²) >= 11 is 0. The molecular formula is C22H25NO4. The topological polar surface area (TPSA) is 75.6 Å². The second-order valence-corrected chi connectivity index (χ2v) is 7.04. The van der Waals surface area contributed by atoms with Gasteiger partial charge >= 0.3 is 12.1 Å².